The van der Waals surface area contributed by atoms with E-state index in [4.69, 9.17) is 0 Å². The Hall–Kier alpha value is -1.86. The number of rotatable bonds is 4. The van der Waals surface area contributed by atoms with E-state index in [1.54, 1.807) is 24.7 Å². The third-order valence-electron chi connectivity index (χ3n) is 3.44. The summed E-state index contributed by atoms with van der Waals surface area (Å²) < 4.78 is 0. The van der Waals surface area contributed by atoms with E-state index in [-0.39, 0.29) is 5.91 Å². The summed E-state index contributed by atoms with van der Waals surface area (Å²) in [6, 6.07) is 1.75. The number of piperidine rings is 1. The summed E-state index contributed by atoms with van der Waals surface area (Å²) in [5.41, 5.74) is 0. The van der Waals surface area contributed by atoms with Crippen molar-refractivity contribution in [2.45, 2.75) is 12.8 Å². The third-order valence-corrected chi connectivity index (χ3v) is 4.43. The zero-order valence-corrected chi connectivity index (χ0v) is 12.4. The largest absolute Gasteiger partial charge is 0.351 e. The molecule has 1 atom stereocenters. The van der Waals surface area contributed by atoms with Crippen LogP contribution in [0, 0.1) is 5.92 Å². The molecule has 6 nitrogen and oxygen atoms in total. The number of carbonyl (C=O) groups excluding carboxylic acids is 1. The van der Waals surface area contributed by atoms with Crippen molar-refractivity contribution < 1.29 is 4.79 Å². The molecule has 0 saturated carbocycles. The minimum atomic E-state index is -0.0692. The summed E-state index contributed by atoms with van der Waals surface area (Å²) in [7, 11) is 0. The van der Waals surface area contributed by atoms with Crippen LogP contribution in [-0.4, -0.2) is 40.5 Å². The lowest BCUT2D eigenvalue weighted by atomic mass is 10.00. The maximum atomic E-state index is 12.1. The Morgan fingerprint density at radius 1 is 1.38 bits per heavy atom. The van der Waals surface area contributed by atoms with Gasteiger partial charge in [-0.25, -0.2) is 15.0 Å². The fraction of sp³-hybridized carbons (Fsp3) is 0.429. The molecule has 2 N–H and O–H groups in total. The number of hydrogen-bond donors (Lipinski definition) is 2. The number of carbonyl (C=O) groups is 1. The van der Waals surface area contributed by atoms with Crippen LogP contribution in [0.4, 0.5) is 0 Å². The van der Waals surface area contributed by atoms with E-state index >= 15 is 0 Å². The number of amides is 1. The first-order valence-corrected chi connectivity index (χ1v) is 7.87. The Morgan fingerprint density at radius 2 is 2.24 bits per heavy atom. The molecule has 0 bridgehead atoms. The van der Waals surface area contributed by atoms with Crippen LogP contribution in [0.5, 0.6) is 0 Å². The minimum Gasteiger partial charge on any atom is -0.351 e. The molecule has 1 unspecified atom stereocenters. The summed E-state index contributed by atoms with van der Waals surface area (Å²) >= 11 is 1.32. The van der Waals surface area contributed by atoms with E-state index in [1.165, 1.54) is 24.2 Å². The van der Waals surface area contributed by atoms with Crippen LogP contribution in [0.3, 0.4) is 0 Å². The van der Waals surface area contributed by atoms with Crippen LogP contribution in [-0.2, 0) is 0 Å². The molecule has 2 aromatic heterocycles. The topological polar surface area (TPSA) is 79.8 Å². The molecular formula is C14H17N5OS. The van der Waals surface area contributed by atoms with E-state index in [2.05, 4.69) is 25.6 Å². The second kappa shape index (κ2) is 6.73. The van der Waals surface area contributed by atoms with Crippen LogP contribution in [0.15, 0.2) is 24.7 Å². The van der Waals surface area contributed by atoms with Crippen molar-refractivity contribution in [3.63, 3.8) is 0 Å². The molecule has 1 fully saturated rings. The molecule has 0 aliphatic carbocycles. The van der Waals surface area contributed by atoms with Gasteiger partial charge in [0.2, 0.25) is 0 Å². The molecule has 1 saturated heterocycles. The Kier molecular flexibility index (Phi) is 4.52. The molecule has 7 heteroatoms. The summed E-state index contributed by atoms with van der Waals surface area (Å²) in [6.45, 7) is 2.77. The van der Waals surface area contributed by atoms with Gasteiger partial charge in [0.1, 0.15) is 4.88 Å². The van der Waals surface area contributed by atoms with E-state index in [0.717, 1.165) is 13.1 Å². The smallest absolute Gasteiger partial charge is 0.263 e. The van der Waals surface area contributed by atoms with Gasteiger partial charge in [0.05, 0.1) is 6.20 Å². The lowest BCUT2D eigenvalue weighted by molar-refractivity contribution is 0.0948. The van der Waals surface area contributed by atoms with Gasteiger partial charge in [-0.05, 0) is 37.9 Å². The molecular weight excluding hydrogens is 286 g/mol. The van der Waals surface area contributed by atoms with Gasteiger partial charge < -0.3 is 10.6 Å². The van der Waals surface area contributed by atoms with Crippen molar-refractivity contribution in [3.05, 3.63) is 29.5 Å². The Bertz CT molecular complexity index is 594. The second-order valence-corrected chi connectivity index (χ2v) is 6.06. The fourth-order valence-electron chi connectivity index (χ4n) is 2.31. The maximum Gasteiger partial charge on any atom is 0.263 e. The minimum absolute atomic E-state index is 0.0692. The number of nitrogens with one attached hydrogen (secondary N) is 2. The second-order valence-electron chi connectivity index (χ2n) is 5.02. The molecule has 0 spiro atoms. The zero-order valence-electron chi connectivity index (χ0n) is 11.6. The van der Waals surface area contributed by atoms with Gasteiger partial charge in [-0.1, -0.05) is 0 Å². The Labute approximate surface area is 127 Å². The van der Waals surface area contributed by atoms with Gasteiger partial charge in [-0.2, -0.15) is 0 Å². The van der Waals surface area contributed by atoms with Crippen LogP contribution >= 0.6 is 11.3 Å². The van der Waals surface area contributed by atoms with Crippen molar-refractivity contribution in [1.82, 2.24) is 25.6 Å². The highest BCUT2D eigenvalue weighted by Crippen LogP contribution is 2.21. The normalized spacial score (nSPS) is 18.4. The average molecular weight is 303 g/mol. The molecule has 21 heavy (non-hydrogen) atoms. The Balaban J connectivity index is 1.59. The van der Waals surface area contributed by atoms with Crippen molar-refractivity contribution in [2.24, 2.45) is 5.92 Å². The van der Waals surface area contributed by atoms with Gasteiger partial charge >= 0.3 is 0 Å². The molecule has 110 valence electrons. The number of thiazole rings is 1. The summed E-state index contributed by atoms with van der Waals surface area (Å²) in [5, 5.41) is 7.00. The monoisotopic (exact) mass is 303 g/mol. The standard InChI is InChI=1S/C14H17N5OS/c20-13(18-8-10-3-1-4-15-7-10)11-9-19-14(21-11)12-16-5-2-6-17-12/h2,5-6,9-10,15H,1,3-4,7-8H2,(H,18,20). The lowest BCUT2D eigenvalue weighted by Crippen LogP contribution is -2.37. The highest BCUT2D eigenvalue weighted by atomic mass is 32.1. The summed E-state index contributed by atoms with van der Waals surface area (Å²) in [5.74, 6) is 1.01. The van der Waals surface area contributed by atoms with Crippen LogP contribution in [0.1, 0.15) is 22.5 Å². The summed E-state index contributed by atoms with van der Waals surface area (Å²) in [6.07, 6.45) is 7.26. The number of hydrogen-bond acceptors (Lipinski definition) is 6. The predicted octanol–water partition coefficient (Wildman–Crippen LogP) is 1.33. The molecule has 1 amide bonds. The average Bonchev–Trinajstić information content (AvgIpc) is 3.04. The molecule has 2 aromatic rings. The third kappa shape index (κ3) is 3.62. The molecule has 0 aromatic carbocycles. The molecule has 0 radical (unpaired) electrons. The van der Waals surface area contributed by atoms with Gasteiger partial charge in [-0.3, -0.25) is 4.79 Å². The van der Waals surface area contributed by atoms with Gasteiger partial charge in [-0.15, -0.1) is 11.3 Å². The molecule has 3 heterocycles. The predicted molar refractivity (Wildman–Crippen MR) is 81.1 cm³/mol. The molecule has 3 rings (SSSR count). The SMILES string of the molecule is O=C(NCC1CCCNC1)c1cnc(-c2ncccn2)s1. The number of aromatic nitrogens is 3. The van der Waals surface area contributed by atoms with E-state index in [1.807, 2.05) is 0 Å². The van der Waals surface area contributed by atoms with Crippen molar-refractivity contribution in [3.8, 4) is 10.8 Å². The highest BCUT2D eigenvalue weighted by molar-refractivity contribution is 7.16. The zero-order chi connectivity index (χ0) is 14.5. The quantitative estimate of drug-likeness (QED) is 0.891. The number of nitrogens with zero attached hydrogens (tertiary/aromatic N) is 3. The van der Waals surface area contributed by atoms with Gasteiger partial charge in [0, 0.05) is 18.9 Å². The lowest BCUT2D eigenvalue weighted by Gasteiger charge is -2.22. The van der Waals surface area contributed by atoms with Crippen LogP contribution in [0.25, 0.3) is 10.8 Å². The highest BCUT2D eigenvalue weighted by Gasteiger charge is 2.16. The van der Waals surface area contributed by atoms with E-state index in [0.29, 0.717) is 28.2 Å². The molecule has 1 aliphatic heterocycles. The van der Waals surface area contributed by atoms with Crippen molar-refractivity contribution in [1.29, 1.82) is 0 Å². The fourth-order valence-corrected chi connectivity index (χ4v) is 3.10. The van der Waals surface area contributed by atoms with Gasteiger partial charge in [0.15, 0.2) is 10.8 Å². The van der Waals surface area contributed by atoms with Gasteiger partial charge in [0.25, 0.3) is 5.91 Å². The first-order valence-electron chi connectivity index (χ1n) is 7.05. The van der Waals surface area contributed by atoms with E-state index in [9.17, 15) is 4.79 Å². The van der Waals surface area contributed by atoms with Crippen LogP contribution < -0.4 is 10.6 Å². The first-order chi connectivity index (χ1) is 10.3. The summed E-state index contributed by atoms with van der Waals surface area (Å²) in [4.78, 5) is 25.2. The molecule has 1 aliphatic rings. The van der Waals surface area contributed by atoms with Crippen molar-refractivity contribution in [2.75, 3.05) is 19.6 Å². The van der Waals surface area contributed by atoms with E-state index < -0.39 is 0 Å². The first kappa shape index (κ1) is 14.1. The Morgan fingerprint density at radius 3 is 3.00 bits per heavy atom. The maximum absolute atomic E-state index is 12.1. The van der Waals surface area contributed by atoms with Crippen LogP contribution in [0.2, 0.25) is 0 Å². The van der Waals surface area contributed by atoms with Crippen molar-refractivity contribution >= 4 is 17.2 Å².